The number of nitrogens with one attached hydrogen (secondary N) is 2. The van der Waals surface area contributed by atoms with Gasteiger partial charge >= 0.3 is 18.4 Å². The van der Waals surface area contributed by atoms with E-state index in [-0.39, 0.29) is 43.5 Å². The normalized spacial score (nSPS) is 16.8. The molecule has 1 saturated heterocycles. The number of carbonyl (C=O) groups excluding carboxylic acids is 2. The standard InChI is InChI=1S/C27H30F6N4O4/c1-34-25(39)35-19-7-10-37(11-8-19)22(20-4-3-5-21-23(20)41-15-40-21)24(38)36(2)9-6-16-12-17(26(28,29)30)14-18(13-16)27(31,32)33/h3-5,12-14,19,22H,6-11,15H2,1-2H3,(H2,34,35,39)/t22-/m0/s1. The first-order valence-electron chi connectivity index (χ1n) is 12.9. The smallest absolute Gasteiger partial charge is 0.416 e. The summed E-state index contributed by atoms with van der Waals surface area (Å²) in [5.74, 6) is 0.454. The van der Waals surface area contributed by atoms with Gasteiger partial charge in [-0.05, 0) is 49.1 Å². The van der Waals surface area contributed by atoms with Crippen molar-refractivity contribution in [2.45, 2.75) is 43.7 Å². The summed E-state index contributed by atoms with van der Waals surface area (Å²) < 4.78 is 90.9. The zero-order chi connectivity index (χ0) is 29.9. The minimum atomic E-state index is -4.96. The molecule has 0 radical (unpaired) electrons. The number of amides is 3. The molecule has 0 saturated carbocycles. The number of carbonyl (C=O) groups is 2. The van der Waals surface area contributed by atoms with E-state index in [0.717, 1.165) is 0 Å². The number of hydrogen-bond donors (Lipinski definition) is 2. The Morgan fingerprint density at radius 2 is 1.66 bits per heavy atom. The van der Waals surface area contributed by atoms with E-state index in [4.69, 9.17) is 9.47 Å². The van der Waals surface area contributed by atoms with Crippen LogP contribution in [0.3, 0.4) is 0 Å². The number of likely N-dealkylation sites (N-methyl/N-ethyl adjacent to an activating group) is 1. The average molecular weight is 589 g/mol. The highest BCUT2D eigenvalue weighted by atomic mass is 19.4. The Labute approximate surface area is 232 Å². The summed E-state index contributed by atoms with van der Waals surface area (Å²) in [7, 11) is 2.96. The molecule has 3 amide bonds. The molecule has 41 heavy (non-hydrogen) atoms. The van der Waals surface area contributed by atoms with Gasteiger partial charge in [-0.25, -0.2) is 4.79 Å². The summed E-state index contributed by atoms with van der Waals surface area (Å²) in [6.45, 7) is 0.714. The number of halogens is 6. The third kappa shape index (κ3) is 7.16. The molecule has 2 N–H and O–H groups in total. The molecule has 1 fully saturated rings. The van der Waals surface area contributed by atoms with E-state index in [1.165, 1.54) is 19.0 Å². The average Bonchev–Trinajstić information content (AvgIpc) is 3.41. The van der Waals surface area contributed by atoms with Gasteiger partial charge in [0.1, 0.15) is 6.04 Å². The Morgan fingerprint density at radius 1 is 1.02 bits per heavy atom. The summed E-state index contributed by atoms with van der Waals surface area (Å²) in [4.78, 5) is 28.8. The lowest BCUT2D eigenvalue weighted by atomic mass is 9.97. The Morgan fingerprint density at radius 3 is 2.24 bits per heavy atom. The number of rotatable bonds is 7. The molecule has 2 heterocycles. The number of piperidine rings is 1. The van der Waals surface area contributed by atoms with Crippen molar-refractivity contribution in [1.29, 1.82) is 0 Å². The second-order valence-corrected chi connectivity index (χ2v) is 9.94. The predicted molar refractivity (Wildman–Crippen MR) is 135 cm³/mol. The molecule has 14 heteroatoms. The first-order chi connectivity index (χ1) is 19.3. The van der Waals surface area contributed by atoms with Gasteiger partial charge in [0.05, 0.1) is 11.1 Å². The maximum absolute atomic E-state index is 13.9. The second-order valence-electron chi connectivity index (χ2n) is 9.94. The first kappa shape index (κ1) is 30.3. The highest BCUT2D eigenvalue weighted by Crippen LogP contribution is 2.42. The summed E-state index contributed by atoms with van der Waals surface area (Å²) >= 11 is 0. The Hall–Kier alpha value is -3.68. The van der Waals surface area contributed by atoms with Crippen LogP contribution < -0.4 is 20.1 Å². The van der Waals surface area contributed by atoms with E-state index in [1.807, 2.05) is 4.90 Å². The second kappa shape index (κ2) is 12.0. The quantitative estimate of drug-likeness (QED) is 0.463. The summed E-state index contributed by atoms with van der Waals surface area (Å²) in [6, 6.07) is 5.28. The zero-order valence-corrected chi connectivity index (χ0v) is 22.4. The van der Waals surface area contributed by atoms with Crippen LogP contribution in [0.2, 0.25) is 0 Å². The number of urea groups is 1. The van der Waals surface area contributed by atoms with Gasteiger partial charge in [0.25, 0.3) is 0 Å². The number of para-hydroxylation sites is 1. The molecule has 0 spiro atoms. The number of hydrogen-bond acceptors (Lipinski definition) is 5. The van der Waals surface area contributed by atoms with Gasteiger partial charge in [0, 0.05) is 45.3 Å². The summed E-state index contributed by atoms with van der Waals surface area (Å²) in [6.07, 6.45) is -9.04. The lowest BCUT2D eigenvalue weighted by Crippen LogP contribution is -2.50. The molecule has 8 nitrogen and oxygen atoms in total. The van der Waals surface area contributed by atoms with Crippen molar-refractivity contribution in [3.63, 3.8) is 0 Å². The molecule has 2 aliphatic heterocycles. The maximum Gasteiger partial charge on any atom is 0.416 e. The third-order valence-electron chi connectivity index (χ3n) is 7.17. The minimum absolute atomic E-state index is 0.0295. The minimum Gasteiger partial charge on any atom is -0.454 e. The molecule has 2 aliphatic rings. The molecule has 1 atom stereocenters. The van der Waals surface area contributed by atoms with E-state index in [0.29, 0.717) is 55.1 Å². The Bertz CT molecular complexity index is 1230. The Kier molecular flexibility index (Phi) is 8.90. The van der Waals surface area contributed by atoms with Crippen LogP contribution in [-0.4, -0.2) is 68.3 Å². The largest absolute Gasteiger partial charge is 0.454 e. The number of ether oxygens (including phenoxy) is 2. The van der Waals surface area contributed by atoms with Crippen LogP contribution in [0.1, 0.15) is 41.1 Å². The molecular formula is C27H30F6N4O4. The van der Waals surface area contributed by atoms with Crippen LogP contribution in [0, 0.1) is 0 Å². The molecule has 4 rings (SSSR count). The lowest BCUT2D eigenvalue weighted by molar-refractivity contribution is -0.143. The van der Waals surface area contributed by atoms with Gasteiger partial charge in [0.15, 0.2) is 11.5 Å². The van der Waals surface area contributed by atoms with Gasteiger partial charge < -0.3 is 25.0 Å². The molecule has 2 aromatic rings. The van der Waals surface area contributed by atoms with Crippen LogP contribution >= 0.6 is 0 Å². The molecule has 2 aromatic carbocycles. The fourth-order valence-electron chi connectivity index (χ4n) is 4.99. The third-order valence-corrected chi connectivity index (χ3v) is 7.17. The van der Waals surface area contributed by atoms with E-state index in [1.54, 1.807) is 18.2 Å². The number of fused-ring (bicyclic) bond motifs is 1. The van der Waals surface area contributed by atoms with Crippen molar-refractivity contribution in [3.05, 3.63) is 58.7 Å². The van der Waals surface area contributed by atoms with Crippen LogP contribution in [-0.2, 0) is 23.6 Å². The molecule has 0 aromatic heterocycles. The van der Waals surface area contributed by atoms with E-state index >= 15 is 0 Å². The topological polar surface area (TPSA) is 83.1 Å². The van der Waals surface area contributed by atoms with Crippen molar-refractivity contribution < 1.29 is 45.4 Å². The van der Waals surface area contributed by atoms with Crippen molar-refractivity contribution in [3.8, 4) is 11.5 Å². The van der Waals surface area contributed by atoms with Crippen LogP contribution in [0.5, 0.6) is 11.5 Å². The molecule has 224 valence electrons. The molecule has 0 bridgehead atoms. The van der Waals surface area contributed by atoms with Gasteiger partial charge in [-0.3, -0.25) is 9.69 Å². The summed E-state index contributed by atoms with van der Waals surface area (Å²) in [5.41, 5.74) is -2.46. The SMILES string of the molecule is CNC(=O)NC1CCN([C@H](C(=O)N(C)CCc2cc(C(F)(F)F)cc(C(F)(F)F)c2)c2cccc3c2OCO3)CC1. The van der Waals surface area contributed by atoms with Crippen molar-refractivity contribution >= 4 is 11.9 Å². The maximum atomic E-state index is 13.9. The van der Waals surface area contributed by atoms with Gasteiger partial charge in [-0.15, -0.1) is 0 Å². The van der Waals surface area contributed by atoms with E-state index < -0.39 is 35.4 Å². The molecule has 0 aliphatic carbocycles. The van der Waals surface area contributed by atoms with Crippen molar-refractivity contribution in [2.24, 2.45) is 0 Å². The van der Waals surface area contributed by atoms with Crippen LogP contribution in [0.4, 0.5) is 31.1 Å². The van der Waals surface area contributed by atoms with Crippen molar-refractivity contribution in [1.82, 2.24) is 20.4 Å². The van der Waals surface area contributed by atoms with Gasteiger partial charge in [-0.2, -0.15) is 26.3 Å². The summed E-state index contributed by atoms with van der Waals surface area (Å²) in [5, 5.41) is 5.36. The fourth-order valence-corrected chi connectivity index (χ4v) is 4.99. The highest BCUT2D eigenvalue weighted by Gasteiger charge is 2.38. The van der Waals surface area contributed by atoms with Crippen LogP contribution in [0.15, 0.2) is 36.4 Å². The van der Waals surface area contributed by atoms with Gasteiger partial charge in [-0.1, -0.05) is 12.1 Å². The number of likely N-dealkylation sites (tertiary alicyclic amines) is 1. The van der Waals surface area contributed by atoms with Gasteiger partial charge in [0.2, 0.25) is 12.7 Å². The van der Waals surface area contributed by atoms with E-state index in [9.17, 15) is 35.9 Å². The number of benzene rings is 2. The van der Waals surface area contributed by atoms with Crippen LogP contribution in [0.25, 0.3) is 0 Å². The van der Waals surface area contributed by atoms with Crippen molar-refractivity contribution in [2.75, 3.05) is 40.5 Å². The molecular weight excluding hydrogens is 558 g/mol. The zero-order valence-electron chi connectivity index (χ0n) is 22.4. The predicted octanol–water partition coefficient (Wildman–Crippen LogP) is 4.59. The highest BCUT2D eigenvalue weighted by molar-refractivity contribution is 5.84. The first-order valence-corrected chi connectivity index (χ1v) is 12.9. The van der Waals surface area contributed by atoms with E-state index in [2.05, 4.69) is 10.6 Å². The molecule has 0 unspecified atom stereocenters. The fraction of sp³-hybridized carbons (Fsp3) is 0.481. The lowest BCUT2D eigenvalue weighted by Gasteiger charge is -2.38. The number of nitrogens with zero attached hydrogens (tertiary/aromatic N) is 2. The monoisotopic (exact) mass is 588 g/mol. The number of alkyl halides is 6. The Balaban J connectivity index is 1.56.